The largest absolute Gasteiger partial charge is 0.346 e. The molecule has 2 aromatic rings. The molecule has 0 spiro atoms. The maximum absolute atomic E-state index is 12.6. The van der Waals surface area contributed by atoms with Crippen LogP contribution in [0.3, 0.4) is 0 Å². The van der Waals surface area contributed by atoms with E-state index in [2.05, 4.69) is 66.8 Å². The predicted molar refractivity (Wildman–Crippen MR) is 96.8 cm³/mol. The molecule has 4 rings (SSSR count). The van der Waals surface area contributed by atoms with E-state index in [0.717, 1.165) is 32.1 Å². The van der Waals surface area contributed by atoms with E-state index in [-0.39, 0.29) is 17.4 Å². The lowest BCUT2D eigenvalue weighted by molar-refractivity contribution is -0.124. The number of fused-ring (bicyclic) bond motifs is 1. The predicted octanol–water partition coefficient (Wildman–Crippen LogP) is 4.55. The van der Waals surface area contributed by atoms with Gasteiger partial charge in [-0.1, -0.05) is 61.5 Å². The van der Waals surface area contributed by atoms with Gasteiger partial charge in [-0.15, -0.1) is 0 Å². The Labute approximate surface area is 144 Å². The van der Waals surface area contributed by atoms with Crippen LogP contribution in [-0.4, -0.2) is 5.91 Å². The molecule has 2 aliphatic rings. The summed E-state index contributed by atoms with van der Waals surface area (Å²) in [6.45, 7) is 2.30. The molecule has 2 unspecified atom stereocenters. The fraction of sp³-hybridized carbons (Fsp3) is 0.409. The Bertz CT molecular complexity index is 735. The number of nitrogens with one attached hydrogen (secondary N) is 1. The summed E-state index contributed by atoms with van der Waals surface area (Å²) >= 11 is 0. The zero-order valence-electron chi connectivity index (χ0n) is 14.3. The summed E-state index contributed by atoms with van der Waals surface area (Å²) in [6.07, 6.45) is 5.10. The van der Waals surface area contributed by atoms with E-state index < -0.39 is 0 Å². The normalized spacial score (nSPS) is 25.8. The summed E-state index contributed by atoms with van der Waals surface area (Å²) in [5.41, 5.74) is 3.75. The van der Waals surface area contributed by atoms with Crippen LogP contribution in [0.5, 0.6) is 0 Å². The second kappa shape index (κ2) is 6.08. The molecule has 2 atom stereocenters. The molecular weight excluding hydrogens is 294 g/mol. The van der Waals surface area contributed by atoms with Gasteiger partial charge in [0.25, 0.3) is 0 Å². The summed E-state index contributed by atoms with van der Waals surface area (Å²) in [6, 6.07) is 19.3. The first-order valence-corrected chi connectivity index (χ1v) is 9.13. The van der Waals surface area contributed by atoms with Gasteiger partial charge in [0.1, 0.15) is 0 Å². The highest BCUT2D eigenvalue weighted by Crippen LogP contribution is 2.44. The summed E-state index contributed by atoms with van der Waals surface area (Å²) in [5.74, 6) is 1.04. The Morgan fingerprint density at radius 2 is 1.75 bits per heavy atom. The van der Waals surface area contributed by atoms with Gasteiger partial charge in [-0.2, -0.15) is 0 Å². The van der Waals surface area contributed by atoms with Crippen molar-refractivity contribution in [3.63, 3.8) is 0 Å². The maximum Gasteiger partial charge on any atom is 0.223 e. The molecule has 0 saturated heterocycles. The van der Waals surface area contributed by atoms with Gasteiger partial charge in [-0.25, -0.2) is 0 Å². The number of carbonyl (C=O) groups is 1. The van der Waals surface area contributed by atoms with Gasteiger partial charge in [-0.3, -0.25) is 4.79 Å². The molecule has 2 aliphatic carbocycles. The molecular formula is C22H25NO. The van der Waals surface area contributed by atoms with Crippen molar-refractivity contribution >= 4 is 5.91 Å². The van der Waals surface area contributed by atoms with E-state index in [0.29, 0.717) is 5.92 Å². The first-order chi connectivity index (χ1) is 11.7. The summed E-state index contributed by atoms with van der Waals surface area (Å²) in [5, 5.41) is 3.48. The van der Waals surface area contributed by atoms with Gasteiger partial charge >= 0.3 is 0 Å². The van der Waals surface area contributed by atoms with Crippen molar-refractivity contribution in [3.8, 4) is 0 Å². The Morgan fingerprint density at radius 1 is 1.04 bits per heavy atom. The molecule has 124 valence electrons. The SMILES string of the molecule is CC1CCC(Cc2ccccc2)(NC(=O)C2CC2)c2ccccc21. The quantitative estimate of drug-likeness (QED) is 0.880. The number of rotatable bonds is 4. The van der Waals surface area contributed by atoms with E-state index in [1.54, 1.807) is 0 Å². The third-order valence-corrected chi connectivity index (χ3v) is 5.67. The van der Waals surface area contributed by atoms with Crippen LogP contribution in [0.2, 0.25) is 0 Å². The van der Waals surface area contributed by atoms with Crippen molar-refractivity contribution in [2.75, 3.05) is 0 Å². The van der Waals surface area contributed by atoms with E-state index in [1.807, 2.05) is 0 Å². The highest BCUT2D eigenvalue weighted by molar-refractivity contribution is 5.82. The molecule has 0 heterocycles. The third-order valence-electron chi connectivity index (χ3n) is 5.67. The number of amides is 1. The molecule has 1 saturated carbocycles. The lowest BCUT2D eigenvalue weighted by atomic mass is 9.69. The number of hydrogen-bond acceptors (Lipinski definition) is 1. The van der Waals surface area contributed by atoms with E-state index in [4.69, 9.17) is 0 Å². The second-order valence-corrected chi connectivity index (χ2v) is 7.53. The van der Waals surface area contributed by atoms with Crippen LogP contribution in [0.15, 0.2) is 54.6 Å². The Hall–Kier alpha value is -2.09. The van der Waals surface area contributed by atoms with Crippen LogP contribution in [0.4, 0.5) is 0 Å². The maximum atomic E-state index is 12.6. The van der Waals surface area contributed by atoms with Crippen LogP contribution < -0.4 is 5.32 Å². The van der Waals surface area contributed by atoms with Gasteiger partial charge in [0.2, 0.25) is 5.91 Å². The summed E-state index contributed by atoms with van der Waals surface area (Å²) < 4.78 is 0. The minimum Gasteiger partial charge on any atom is -0.346 e. The summed E-state index contributed by atoms with van der Waals surface area (Å²) in [7, 11) is 0. The molecule has 0 aromatic heterocycles. The van der Waals surface area contributed by atoms with Crippen molar-refractivity contribution in [1.29, 1.82) is 0 Å². The third kappa shape index (κ3) is 2.86. The van der Waals surface area contributed by atoms with Crippen LogP contribution in [0.1, 0.15) is 55.2 Å². The first-order valence-electron chi connectivity index (χ1n) is 9.13. The van der Waals surface area contributed by atoms with Crippen molar-refractivity contribution in [2.45, 2.75) is 50.5 Å². The lowest BCUT2D eigenvalue weighted by Gasteiger charge is -2.42. The smallest absolute Gasteiger partial charge is 0.223 e. The molecule has 1 N–H and O–H groups in total. The molecule has 24 heavy (non-hydrogen) atoms. The Balaban J connectivity index is 1.75. The van der Waals surface area contributed by atoms with Crippen LogP contribution >= 0.6 is 0 Å². The fourth-order valence-electron chi connectivity index (χ4n) is 4.10. The van der Waals surface area contributed by atoms with Crippen LogP contribution in [0.25, 0.3) is 0 Å². The molecule has 1 amide bonds. The average molecular weight is 319 g/mol. The molecule has 2 heteroatoms. The van der Waals surface area contributed by atoms with Gasteiger partial charge in [0, 0.05) is 5.92 Å². The molecule has 2 aromatic carbocycles. The minimum atomic E-state index is -0.260. The van der Waals surface area contributed by atoms with Crippen molar-refractivity contribution < 1.29 is 4.79 Å². The Kier molecular flexibility index (Phi) is 3.91. The standard InChI is InChI=1S/C22H25NO/c1-16-13-14-22(23-21(24)18-11-12-18,15-17-7-3-2-4-8-17)20-10-6-5-9-19(16)20/h2-10,16,18H,11-15H2,1H3,(H,23,24). The molecule has 0 bridgehead atoms. The molecule has 0 aliphatic heterocycles. The second-order valence-electron chi connectivity index (χ2n) is 7.53. The van der Waals surface area contributed by atoms with Gasteiger partial charge < -0.3 is 5.32 Å². The van der Waals surface area contributed by atoms with E-state index in [1.165, 1.54) is 16.7 Å². The van der Waals surface area contributed by atoms with Gasteiger partial charge in [0.15, 0.2) is 0 Å². The van der Waals surface area contributed by atoms with Crippen LogP contribution in [0, 0.1) is 5.92 Å². The average Bonchev–Trinajstić information content (AvgIpc) is 3.45. The van der Waals surface area contributed by atoms with Crippen molar-refractivity contribution in [1.82, 2.24) is 5.32 Å². The molecule has 0 radical (unpaired) electrons. The van der Waals surface area contributed by atoms with E-state index >= 15 is 0 Å². The molecule has 2 nitrogen and oxygen atoms in total. The first kappa shape index (κ1) is 15.4. The lowest BCUT2D eigenvalue weighted by Crippen LogP contribution is -2.50. The number of hydrogen-bond donors (Lipinski definition) is 1. The monoisotopic (exact) mass is 319 g/mol. The summed E-state index contributed by atoms with van der Waals surface area (Å²) in [4.78, 5) is 12.6. The highest BCUT2D eigenvalue weighted by Gasteiger charge is 2.42. The van der Waals surface area contributed by atoms with E-state index in [9.17, 15) is 4.79 Å². The molecule has 1 fully saturated rings. The zero-order chi connectivity index (χ0) is 16.6. The number of benzene rings is 2. The minimum absolute atomic E-state index is 0.240. The number of carbonyl (C=O) groups excluding carboxylic acids is 1. The van der Waals surface area contributed by atoms with Crippen molar-refractivity contribution in [3.05, 3.63) is 71.3 Å². The fourth-order valence-corrected chi connectivity index (χ4v) is 4.10. The zero-order valence-corrected chi connectivity index (χ0v) is 14.3. The van der Waals surface area contributed by atoms with Crippen LogP contribution in [-0.2, 0) is 16.8 Å². The topological polar surface area (TPSA) is 29.1 Å². The van der Waals surface area contributed by atoms with Gasteiger partial charge in [-0.05, 0) is 54.7 Å². The Morgan fingerprint density at radius 3 is 2.50 bits per heavy atom. The van der Waals surface area contributed by atoms with Crippen molar-refractivity contribution in [2.24, 2.45) is 5.92 Å². The van der Waals surface area contributed by atoms with Gasteiger partial charge in [0.05, 0.1) is 5.54 Å². The highest BCUT2D eigenvalue weighted by atomic mass is 16.2.